The van der Waals surface area contributed by atoms with Crippen molar-refractivity contribution >= 4 is 29.1 Å². The number of rotatable bonds is 4. The average molecular weight is 416 g/mol. The number of ether oxygens (including phenoxy) is 2. The van der Waals surface area contributed by atoms with Crippen LogP contribution in [-0.4, -0.2) is 31.1 Å². The molecule has 154 valence electrons. The van der Waals surface area contributed by atoms with Crippen LogP contribution in [-0.2, 0) is 5.41 Å². The number of benzene rings is 2. The van der Waals surface area contributed by atoms with Crippen LogP contribution in [0.25, 0.3) is 0 Å². The van der Waals surface area contributed by atoms with Gasteiger partial charge in [0.2, 0.25) is 0 Å². The van der Waals surface area contributed by atoms with Crippen LogP contribution in [0.15, 0.2) is 42.5 Å². The number of hydrogen-bond acceptors (Lipinski definition) is 5. The van der Waals surface area contributed by atoms with E-state index in [1.165, 1.54) is 20.3 Å². The molecule has 2 amide bonds. The largest absolute Gasteiger partial charge is 0.493 e. The maximum atomic E-state index is 12.3. The number of nitrogens with one attached hydrogen (secondary N) is 3. The molecule has 0 saturated heterocycles. The van der Waals surface area contributed by atoms with Gasteiger partial charge in [-0.3, -0.25) is 25.8 Å². The molecular weight excluding hydrogens is 390 g/mol. The van der Waals surface area contributed by atoms with Gasteiger partial charge in [-0.05, 0) is 53.5 Å². The minimum atomic E-state index is -0.447. The van der Waals surface area contributed by atoms with Gasteiger partial charge in [-0.1, -0.05) is 32.9 Å². The van der Waals surface area contributed by atoms with Crippen molar-refractivity contribution in [2.24, 2.45) is 0 Å². The molecule has 0 aromatic heterocycles. The highest BCUT2D eigenvalue weighted by Crippen LogP contribution is 2.27. The predicted molar refractivity (Wildman–Crippen MR) is 115 cm³/mol. The zero-order valence-corrected chi connectivity index (χ0v) is 17.9. The summed E-state index contributed by atoms with van der Waals surface area (Å²) in [5.74, 6) is 0.118. The van der Waals surface area contributed by atoms with Gasteiger partial charge in [0.1, 0.15) is 0 Å². The van der Waals surface area contributed by atoms with E-state index in [-0.39, 0.29) is 16.4 Å². The SMILES string of the molecule is COc1ccc(C(=O)NNC(=S)NC(=O)c2ccc(C(C)(C)C)cc2)cc1OC. The summed E-state index contributed by atoms with van der Waals surface area (Å²) in [6.45, 7) is 6.30. The van der Waals surface area contributed by atoms with Crippen molar-refractivity contribution in [2.45, 2.75) is 26.2 Å². The summed E-state index contributed by atoms with van der Waals surface area (Å²) in [4.78, 5) is 24.6. The van der Waals surface area contributed by atoms with Gasteiger partial charge in [-0.25, -0.2) is 0 Å². The Balaban J connectivity index is 1.92. The summed E-state index contributed by atoms with van der Waals surface area (Å²) >= 11 is 5.07. The number of amides is 2. The number of methoxy groups -OCH3 is 2. The van der Waals surface area contributed by atoms with Crippen molar-refractivity contribution in [3.63, 3.8) is 0 Å². The molecular formula is C21H25N3O4S. The lowest BCUT2D eigenvalue weighted by atomic mass is 9.87. The average Bonchev–Trinajstić information content (AvgIpc) is 2.70. The van der Waals surface area contributed by atoms with E-state index in [1.54, 1.807) is 24.3 Å². The lowest BCUT2D eigenvalue weighted by molar-refractivity contribution is 0.0934. The molecule has 7 nitrogen and oxygen atoms in total. The van der Waals surface area contributed by atoms with Gasteiger partial charge in [0.05, 0.1) is 14.2 Å². The zero-order valence-electron chi connectivity index (χ0n) is 17.1. The minimum absolute atomic E-state index is 0.000279. The minimum Gasteiger partial charge on any atom is -0.493 e. The van der Waals surface area contributed by atoms with Gasteiger partial charge in [0.15, 0.2) is 16.6 Å². The third-order valence-electron chi connectivity index (χ3n) is 4.18. The summed E-state index contributed by atoms with van der Waals surface area (Å²) in [6, 6.07) is 12.0. The highest BCUT2D eigenvalue weighted by atomic mass is 32.1. The van der Waals surface area contributed by atoms with Crippen LogP contribution in [0.4, 0.5) is 0 Å². The number of carbonyl (C=O) groups excluding carboxylic acids is 2. The molecule has 0 fully saturated rings. The van der Waals surface area contributed by atoms with E-state index in [2.05, 4.69) is 36.9 Å². The normalized spacial score (nSPS) is 10.7. The van der Waals surface area contributed by atoms with Gasteiger partial charge >= 0.3 is 0 Å². The van der Waals surface area contributed by atoms with Crippen LogP contribution in [0.2, 0.25) is 0 Å². The first kappa shape index (κ1) is 22.2. The Labute approximate surface area is 175 Å². The number of carbonyl (C=O) groups is 2. The van der Waals surface area contributed by atoms with E-state index in [0.29, 0.717) is 22.6 Å². The van der Waals surface area contributed by atoms with Crippen molar-refractivity contribution < 1.29 is 19.1 Å². The first-order chi connectivity index (χ1) is 13.7. The molecule has 8 heteroatoms. The predicted octanol–water partition coefficient (Wildman–Crippen LogP) is 2.95. The molecule has 3 N–H and O–H groups in total. The van der Waals surface area contributed by atoms with E-state index in [1.807, 2.05) is 12.1 Å². The van der Waals surface area contributed by atoms with Crippen LogP contribution in [0, 0.1) is 0 Å². The lowest BCUT2D eigenvalue weighted by Gasteiger charge is -2.19. The second-order valence-electron chi connectivity index (χ2n) is 7.26. The lowest BCUT2D eigenvalue weighted by Crippen LogP contribution is -2.48. The highest BCUT2D eigenvalue weighted by Gasteiger charge is 2.15. The van der Waals surface area contributed by atoms with Crippen LogP contribution in [0.1, 0.15) is 47.1 Å². The molecule has 2 rings (SSSR count). The first-order valence-electron chi connectivity index (χ1n) is 8.90. The third-order valence-corrected chi connectivity index (χ3v) is 4.38. The Morgan fingerprint density at radius 1 is 0.828 bits per heavy atom. The van der Waals surface area contributed by atoms with Gasteiger partial charge in [-0.2, -0.15) is 0 Å². The third kappa shape index (κ3) is 5.92. The smallest absolute Gasteiger partial charge is 0.269 e. The van der Waals surface area contributed by atoms with E-state index in [0.717, 1.165) is 5.56 Å². The Hall–Kier alpha value is -3.13. The number of hydrogen-bond donors (Lipinski definition) is 3. The van der Waals surface area contributed by atoms with Gasteiger partial charge in [-0.15, -0.1) is 0 Å². The van der Waals surface area contributed by atoms with Crippen LogP contribution >= 0.6 is 12.2 Å². The van der Waals surface area contributed by atoms with Gasteiger partial charge in [0, 0.05) is 11.1 Å². The monoisotopic (exact) mass is 415 g/mol. The van der Waals surface area contributed by atoms with Crippen molar-refractivity contribution in [2.75, 3.05) is 14.2 Å². The molecule has 0 unspecified atom stereocenters. The van der Waals surface area contributed by atoms with Crippen LogP contribution in [0.5, 0.6) is 11.5 Å². The molecule has 0 atom stereocenters. The second kappa shape index (κ2) is 9.38. The van der Waals surface area contributed by atoms with Gasteiger partial charge in [0.25, 0.3) is 11.8 Å². The van der Waals surface area contributed by atoms with Crippen molar-refractivity contribution in [3.8, 4) is 11.5 Å². The maximum absolute atomic E-state index is 12.3. The Bertz CT molecular complexity index is 905. The van der Waals surface area contributed by atoms with Crippen molar-refractivity contribution in [1.29, 1.82) is 0 Å². The quantitative estimate of drug-likeness (QED) is 0.526. The van der Waals surface area contributed by atoms with E-state index in [4.69, 9.17) is 21.7 Å². The second-order valence-corrected chi connectivity index (χ2v) is 7.67. The number of thiocarbonyl (C=S) groups is 1. The summed E-state index contributed by atoms with van der Waals surface area (Å²) < 4.78 is 10.3. The van der Waals surface area contributed by atoms with Crippen LogP contribution in [0.3, 0.4) is 0 Å². The topological polar surface area (TPSA) is 88.7 Å². The summed E-state index contributed by atoms with van der Waals surface area (Å²) in [6.07, 6.45) is 0. The molecule has 0 aliphatic heterocycles. The molecule has 0 radical (unpaired) electrons. The van der Waals surface area contributed by atoms with Crippen LogP contribution < -0.4 is 25.6 Å². The molecule has 2 aromatic carbocycles. The Kier molecular flexibility index (Phi) is 7.17. The molecule has 0 bridgehead atoms. The van der Waals surface area contributed by atoms with Crippen molar-refractivity contribution in [3.05, 3.63) is 59.2 Å². The standard InChI is InChI=1S/C21H25N3O4S/c1-21(2,3)15-9-6-13(7-10-15)18(25)22-20(29)24-23-19(26)14-8-11-16(27-4)17(12-14)28-5/h6-12H,1-5H3,(H,23,26)(H2,22,24,25,29). The molecule has 0 aliphatic carbocycles. The summed E-state index contributed by atoms with van der Waals surface area (Å²) in [5, 5.41) is 2.50. The summed E-state index contributed by atoms with van der Waals surface area (Å²) in [5.41, 5.74) is 6.87. The molecule has 0 saturated carbocycles. The fourth-order valence-corrected chi connectivity index (χ4v) is 2.64. The maximum Gasteiger partial charge on any atom is 0.269 e. The molecule has 0 aliphatic rings. The fraction of sp³-hybridized carbons (Fsp3) is 0.286. The molecule has 29 heavy (non-hydrogen) atoms. The molecule has 0 spiro atoms. The first-order valence-corrected chi connectivity index (χ1v) is 9.30. The fourth-order valence-electron chi connectivity index (χ4n) is 2.49. The number of hydrazine groups is 1. The van der Waals surface area contributed by atoms with E-state index >= 15 is 0 Å². The van der Waals surface area contributed by atoms with Gasteiger partial charge < -0.3 is 9.47 Å². The Morgan fingerprint density at radius 3 is 1.97 bits per heavy atom. The Morgan fingerprint density at radius 2 is 1.41 bits per heavy atom. The molecule has 2 aromatic rings. The summed E-state index contributed by atoms with van der Waals surface area (Å²) in [7, 11) is 2.99. The van der Waals surface area contributed by atoms with E-state index < -0.39 is 5.91 Å². The zero-order chi connectivity index (χ0) is 21.6. The van der Waals surface area contributed by atoms with Crippen molar-refractivity contribution in [1.82, 2.24) is 16.2 Å². The van der Waals surface area contributed by atoms with E-state index in [9.17, 15) is 9.59 Å². The molecule has 0 heterocycles. The highest BCUT2D eigenvalue weighted by molar-refractivity contribution is 7.80.